The van der Waals surface area contributed by atoms with E-state index in [9.17, 15) is 4.79 Å². The van der Waals surface area contributed by atoms with Gasteiger partial charge in [0.05, 0.1) is 13.2 Å². The number of ether oxygens (including phenoxy) is 1. The molecule has 0 aliphatic heterocycles. The van der Waals surface area contributed by atoms with E-state index in [1.54, 1.807) is 19.2 Å². The van der Waals surface area contributed by atoms with Gasteiger partial charge in [0, 0.05) is 5.56 Å². The van der Waals surface area contributed by atoms with Crippen LogP contribution in [-0.2, 0) is 0 Å². The van der Waals surface area contributed by atoms with E-state index in [-0.39, 0.29) is 5.78 Å². The van der Waals surface area contributed by atoms with Crippen LogP contribution in [-0.4, -0.2) is 12.9 Å². The predicted octanol–water partition coefficient (Wildman–Crippen LogP) is 3.04. The third-order valence-corrected chi connectivity index (χ3v) is 2.83. The second-order valence-electron chi connectivity index (χ2n) is 4.10. The number of hydrogen-bond acceptors (Lipinski definition) is 3. The molecule has 1 aromatic carbocycles. The van der Waals surface area contributed by atoms with Gasteiger partial charge in [-0.1, -0.05) is 6.92 Å². The Bertz CT molecular complexity index is 449. The van der Waals surface area contributed by atoms with E-state index in [0.717, 1.165) is 16.9 Å². The summed E-state index contributed by atoms with van der Waals surface area (Å²) in [6, 6.07) is 5.61. The molecule has 0 amide bonds. The molecule has 1 atom stereocenters. The molecule has 0 saturated carbocycles. The summed E-state index contributed by atoms with van der Waals surface area (Å²) in [7, 11) is 1.61. The molecule has 1 rings (SSSR count). The van der Waals surface area contributed by atoms with Gasteiger partial charge in [-0.3, -0.25) is 4.79 Å². The minimum Gasteiger partial charge on any atom is -0.496 e. The molecule has 3 heteroatoms. The first-order valence-electron chi connectivity index (χ1n) is 5.64. The van der Waals surface area contributed by atoms with Crippen LogP contribution in [0.5, 0.6) is 5.75 Å². The first-order chi connectivity index (χ1) is 8.04. The zero-order valence-corrected chi connectivity index (χ0v) is 10.7. The van der Waals surface area contributed by atoms with Crippen molar-refractivity contribution in [1.82, 2.24) is 0 Å². The zero-order chi connectivity index (χ0) is 13.0. The topological polar surface area (TPSA) is 50.1 Å². The van der Waals surface area contributed by atoms with Crippen LogP contribution < -0.4 is 4.74 Å². The molecule has 0 fully saturated rings. The molecule has 0 aliphatic rings. The van der Waals surface area contributed by atoms with Crippen LogP contribution in [0, 0.1) is 31.1 Å². The Morgan fingerprint density at radius 2 is 1.94 bits per heavy atom. The highest BCUT2D eigenvalue weighted by Gasteiger charge is 2.19. The van der Waals surface area contributed by atoms with Crippen molar-refractivity contribution in [2.45, 2.75) is 27.2 Å². The van der Waals surface area contributed by atoms with E-state index < -0.39 is 5.92 Å². The fourth-order valence-electron chi connectivity index (χ4n) is 1.95. The number of nitrogens with zero attached hydrogens (tertiary/aromatic N) is 1. The number of aryl methyl sites for hydroxylation is 2. The summed E-state index contributed by atoms with van der Waals surface area (Å²) >= 11 is 0. The number of methoxy groups -OCH3 is 1. The van der Waals surface area contributed by atoms with Gasteiger partial charge in [0.2, 0.25) is 0 Å². The standard InChI is InChI=1S/C14H17NO2/c1-5-11(8-15)13(16)12-6-9(2)14(17-4)10(3)7-12/h6-7,11H,5H2,1-4H3. The lowest BCUT2D eigenvalue weighted by molar-refractivity contribution is 0.0946. The molecule has 0 radical (unpaired) electrons. The molecular formula is C14H17NO2. The lowest BCUT2D eigenvalue weighted by atomic mass is 9.94. The Morgan fingerprint density at radius 3 is 2.29 bits per heavy atom. The molecule has 0 bridgehead atoms. The second kappa shape index (κ2) is 5.49. The highest BCUT2D eigenvalue weighted by atomic mass is 16.5. The largest absolute Gasteiger partial charge is 0.496 e. The number of nitriles is 1. The molecule has 90 valence electrons. The van der Waals surface area contributed by atoms with Crippen molar-refractivity contribution >= 4 is 5.78 Å². The van der Waals surface area contributed by atoms with E-state index in [4.69, 9.17) is 10.00 Å². The van der Waals surface area contributed by atoms with Crippen LogP contribution >= 0.6 is 0 Å². The van der Waals surface area contributed by atoms with Crippen molar-refractivity contribution in [3.05, 3.63) is 28.8 Å². The molecule has 0 aliphatic carbocycles. The number of rotatable bonds is 4. The summed E-state index contributed by atoms with van der Waals surface area (Å²) in [5.74, 6) is 0.137. The molecule has 0 N–H and O–H groups in total. The summed E-state index contributed by atoms with van der Waals surface area (Å²) in [4.78, 5) is 12.0. The summed E-state index contributed by atoms with van der Waals surface area (Å²) in [5.41, 5.74) is 2.43. The van der Waals surface area contributed by atoms with Gasteiger partial charge >= 0.3 is 0 Å². The van der Waals surface area contributed by atoms with Crippen molar-refractivity contribution in [2.24, 2.45) is 5.92 Å². The van der Waals surface area contributed by atoms with Gasteiger partial charge < -0.3 is 4.74 Å². The predicted molar refractivity (Wildman–Crippen MR) is 66.2 cm³/mol. The molecule has 0 aromatic heterocycles. The number of ketones is 1. The first kappa shape index (κ1) is 13.2. The lowest BCUT2D eigenvalue weighted by Crippen LogP contribution is -2.12. The summed E-state index contributed by atoms with van der Waals surface area (Å²) < 4.78 is 5.25. The van der Waals surface area contributed by atoms with Gasteiger partial charge in [0.25, 0.3) is 0 Å². The van der Waals surface area contributed by atoms with Crippen LogP contribution in [0.3, 0.4) is 0 Å². The maximum Gasteiger partial charge on any atom is 0.179 e. The van der Waals surface area contributed by atoms with Crippen LogP contribution in [0.1, 0.15) is 34.8 Å². The van der Waals surface area contributed by atoms with Crippen LogP contribution in [0.25, 0.3) is 0 Å². The van der Waals surface area contributed by atoms with Crippen LogP contribution in [0.15, 0.2) is 12.1 Å². The highest BCUT2D eigenvalue weighted by Crippen LogP contribution is 2.25. The third-order valence-electron chi connectivity index (χ3n) is 2.83. The SMILES string of the molecule is CCC(C#N)C(=O)c1cc(C)c(OC)c(C)c1. The fourth-order valence-corrected chi connectivity index (χ4v) is 1.95. The third kappa shape index (κ3) is 2.65. The van der Waals surface area contributed by atoms with Crippen molar-refractivity contribution in [3.63, 3.8) is 0 Å². The molecule has 0 spiro atoms. The molecule has 1 unspecified atom stereocenters. The van der Waals surface area contributed by atoms with Crippen molar-refractivity contribution in [3.8, 4) is 11.8 Å². The molecule has 0 saturated heterocycles. The maximum atomic E-state index is 12.0. The van der Waals surface area contributed by atoms with Crippen LogP contribution in [0.2, 0.25) is 0 Å². The number of hydrogen-bond donors (Lipinski definition) is 0. The first-order valence-corrected chi connectivity index (χ1v) is 5.64. The number of Topliss-reactive ketones (excluding diaryl/α,β-unsaturated/α-hetero) is 1. The van der Waals surface area contributed by atoms with E-state index >= 15 is 0 Å². The van der Waals surface area contributed by atoms with Gasteiger partial charge in [-0.2, -0.15) is 5.26 Å². The Kier molecular flexibility index (Phi) is 4.28. The molecule has 1 aromatic rings. The Morgan fingerprint density at radius 1 is 1.41 bits per heavy atom. The van der Waals surface area contributed by atoms with Gasteiger partial charge in [0.15, 0.2) is 5.78 Å². The summed E-state index contributed by atoms with van der Waals surface area (Å²) in [6.45, 7) is 5.64. The smallest absolute Gasteiger partial charge is 0.179 e. The van der Waals surface area contributed by atoms with Gasteiger partial charge in [-0.05, 0) is 43.5 Å². The van der Waals surface area contributed by atoms with Crippen LogP contribution in [0.4, 0.5) is 0 Å². The van der Waals surface area contributed by atoms with E-state index in [2.05, 4.69) is 0 Å². The Balaban J connectivity index is 3.18. The minimum atomic E-state index is -0.554. The minimum absolute atomic E-state index is 0.108. The van der Waals surface area contributed by atoms with E-state index in [0.29, 0.717) is 12.0 Å². The second-order valence-corrected chi connectivity index (χ2v) is 4.10. The van der Waals surface area contributed by atoms with Gasteiger partial charge in [0.1, 0.15) is 11.7 Å². The molecular weight excluding hydrogens is 214 g/mol. The highest BCUT2D eigenvalue weighted by molar-refractivity contribution is 5.99. The molecule has 0 heterocycles. The lowest BCUT2D eigenvalue weighted by Gasteiger charge is -2.12. The zero-order valence-electron chi connectivity index (χ0n) is 10.7. The summed E-state index contributed by atoms with van der Waals surface area (Å²) in [5, 5.41) is 8.90. The molecule has 17 heavy (non-hydrogen) atoms. The normalized spacial score (nSPS) is 11.7. The quantitative estimate of drug-likeness (QED) is 0.748. The van der Waals surface area contributed by atoms with E-state index in [1.165, 1.54) is 0 Å². The van der Waals surface area contributed by atoms with Crippen molar-refractivity contribution in [1.29, 1.82) is 5.26 Å². The summed E-state index contributed by atoms with van der Waals surface area (Å²) in [6.07, 6.45) is 0.541. The number of carbonyl (C=O) groups excluding carboxylic acids is 1. The monoisotopic (exact) mass is 231 g/mol. The fraction of sp³-hybridized carbons (Fsp3) is 0.429. The number of benzene rings is 1. The van der Waals surface area contributed by atoms with Gasteiger partial charge in [-0.25, -0.2) is 0 Å². The molecule has 3 nitrogen and oxygen atoms in total. The Hall–Kier alpha value is -1.82. The Labute approximate surface area is 102 Å². The van der Waals surface area contributed by atoms with Crippen molar-refractivity contribution < 1.29 is 9.53 Å². The average molecular weight is 231 g/mol. The maximum absolute atomic E-state index is 12.0. The van der Waals surface area contributed by atoms with E-state index in [1.807, 2.05) is 26.8 Å². The average Bonchev–Trinajstić information content (AvgIpc) is 2.30. The number of carbonyl (C=O) groups is 1. The van der Waals surface area contributed by atoms with Gasteiger partial charge in [-0.15, -0.1) is 0 Å². The van der Waals surface area contributed by atoms with Crippen molar-refractivity contribution in [2.75, 3.05) is 7.11 Å².